The molecule has 12 nitrogen and oxygen atoms in total. The largest absolute Gasteiger partial charge is 0.363 e. The molecule has 6 amide bonds. The monoisotopic (exact) mass is 604 g/mol. The molecule has 3 aliphatic rings. The lowest BCUT2D eigenvalue weighted by Crippen LogP contribution is -2.63. The highest BCUT2D eigenvalue weighted by atomic mass is 16.2. The summed E-state index contributed by atoms with van der Waals surface area (Å²) in [5, 5.41) is 8.36. The zero-order valence-corrected chi connectivity index (χ0v) is 27.4. The van der Waals surface area contributed by atoms with E-state index in [1.54, 1.807) is 11.9 Å². The SMILES string of the molecule is CC(C)[C@H](NC(=O)N[C@H](C(=O)N1C[C@H]2[C@@H]([C@H]1C(=O)NC(C(=O)C(N)=O)C1CCC1)C2(C)C)C(C)(C)C)C(=O)N(C)C(C)C. The van der Waals surface area contributed by atoms with E-state index in [9.17, 15) is 28.8 Å². The summed E-state index contributed by atoms with van der Waals surface area (Å²) in [6.07, 6.45) is 2.30. The van der Waals surface area contributed by atoms with Crippen LogP contribution in [0.4, 0.5) is 4.79 Å². The van der Waals surface area contributed by atoms with Crippen molar-refractivity contribution in [3.05, 3.63) is 0 Å². The third-order valence-corrected chi connectivity index (χ3v) is 9.93. The number of primary amides is 1. The molecule has 5 N–H and O–H groups in total. The van der Waals surface area contributed by atoms with Gasteiger partial charge in [-0.2, -0.15) is 0 Å². The minimum absolute atomic E-state index is 0.0569. The number of rotatable bonds is 11. The summed E-state index contributed by atoms with van der Waals surface area (Å²) < 4.78 is 0. The van der Waals surface area contributed by atoms with Gasteiger partial charge in [0, 0.05) is 19.6 Å². The molecule has 0 radical (unpaired) electrons. The fraction of sp³-hybridized carbons (Fsp3) is 0.806. The van der Waals surface area contributed by atoms with Crippen LogP contribution in [0.1, 0.15) is 81.6 Å². The Bertz CT molecular complexity index is 1140. The van der Waals surface area contributed by atoms with Crippen molar-refractivity contribution in [1.29, 1.82) is 0 Å². The second kappa shape index (κ2) is 12.4. The summed E-state index contributed by atoms with van der Waals surface area (Å²) in [6, 6.07) is -4.40. The lowest BCUT2D eigenvalue weighted by molar-refractivity contribution is -0.145. The maximum Gasteiger partial charge on any atom is 0.316 e. The number of carbonyl (C=O) groups excluding carboxylic acids is 6. The van der Waals surface area contributed by atoms with Gasteiger partial charge in [-0.3, -0.25) is 24.0 Å². The predicted octanol–water partition coefficient (Wildman–Crippen LogP) is 1.41. The molecule has 1 saturated heterocycles. The molecule has 2 saturated carbocycles. The second-order valence-electron chi connectivity index (χ2n) is 15.0. The summed E-state index contributed by atoms with van der Waals surface area (Å²) in [6.45, 7) is 17.3. The van der Waals surface area contributed by atoms with Crippen LogP contribution in [-0.4, -0.2) is 89.0 Å². The van der Waals surface area contributed by atoms with E-state index in [2.05, 4.69) is 16.0 Å². The van der Waals surface area contributed by atoms with E-state index in [1.807, 2.05) is 62.3 Å². The zero-order valence-electron chi connectivity index (χ0n) is 27.4. The van der Waals surface area contributed by atoms with Gasteiger partial charge in [0.25, 0.3) is 5.91 Å². The standard InChI is InChI=1S/C31H52N6O6/c1-15(2)20(27(41)36(10)16(3)4)34-29(43)35-24(30(5,6)7)28(42)37-14-18-19(31(18,8)9)22(37)26(40)33-21(17-12-11-13-17)23(38)25(32)39/h15-22,24H,11-14H2,1-10H3,(H2,32,39)(H,33,40)(H2,34,35,43)/t18-,19-,20-,21?,22-,24+/m0/s1. The van der Waals surface area contributed by atoms with E-state index >= 15 is 0 Å². The number of hydrogen-bond donors (Lipinski definition) is 4. The predicted molar refractivity (Wildman–Crippen MR) is 161 cm³/mol. The molecule has 1 heterocycles. The van der Waals surface area contributed by atoms with E-state index in [-0.39, 0.29) is 41.0 Å². The highest BCUT2D eigenvalue weighted by Crippen LogP contribution is 2.65. The Morgan fingerprint density at radius 2 is 1.53 bits per heavy atom. The maximum absolute atomic E-state index is 14.2. The number of nitrogens with one attached hydrogen (secondary N) is 3. The molecule has 242 valence electrons. The van der Waals surface area contributed by atoms with Crippen LogP contribution in [0.25, 0.3) is 0 Å². The summed E-state index contributed by atoms with van der Waals surface area (Å²) >= 11 is 0. The van der Waals surface area contributed by atoms with Crippen molar-refractivity contribution in [3.8, 4) is 0 Å². The van der Waals surface area contributed by atoms with Gasteiger partial charge < -0.3 is 31.5 Å². The number of nitrogens with two attached hydrogens (primary N) is 1. The Hall–Kier alpha value is -3.18. The molecule has 6 atom stereocenters. The Kier molecular flexibility index (Phi) is 9.92. The van der Waals surface area contributed by atoms with E-state index in [1.165, 1.54) is 4.90 Å². The lowest BCUT2D eigenvalue weighted by Gasteiger charge is -2.39. The van der Waals surface area contributed by atoms with Gasteiger partial charge in [0.05, 0.1) is 0 Å². The number of urea groups is 1. The van der Waals surface area contributed by atoms with Gasteiger partial charge in [-0.25, -0.2) is 4.79 Å². The number of nitrogens with zero attached hydrogens (tertiary/aromatic N) is 2. The number of amides is 6. The highest BCUT2D eigenvalue weighted by Gasteiger charge is 2.70. The molecule has 0 aromatic carbocycles. The average Bonchev–Trinajstić information content (AvgIpc) is 3.19. The van der Waals surface area contributed by atoms with Gasteiger partial charge in [-0.05, 0) is 61.2 Å². The molecule has 0 aromatic rings. The number of fused-ring (bicyclic) bond motifs is 1. The Morgan fingerprint density at radius 3 is 1.98 bits per heavy atom. The molecule has 3 rings (SSSR count). The van der Waals surface area contributed by atoms with Crippen molar-refractivity contribution in [1.82, 2.24) is 25.8 Å². The molecule has 0 spiro atoms. The third kappa shape index (κ3) is 6.98. The van der Waals surface area contributed by atoms with Gasteiger partial charge in [-0.1, -0.05) is 54.9 Å². The van der Waals surface area contributed by atoms with Crippen LogP contribution in [0.15, 0.2) is 0 Å². The molecule has 0 bridgehead atoms. The van der Waals surface area contributed by atoms with Crippen LogP contribution >= 0.6 is 0 Å². The second-order valence-corrected chi connectivity index (χ2v) is 15.0. The van der Waals surface area contributed by atoms with Crippen molar-refractivity contribution < 1.29 is 28.8 Å². The minimum Gasteiger partial charge on any atom is -0.363 e. The number of piperidine rings is 1. The maximum atomic E-state index is 14.2. The number of likely N-dealkylation sites (tertiary alicyclic amines) is 1. The normalized spacial score (nSPS) is 24.7. The molecule has 1 aliphatic heterocycles. The number of hydrogen-bond acceptors (Lipinski definition) is 6. The van der Waals surface area contributed by atoms with Crippen LogP contribution in [-0.2, 0) is 24.0 Å². The summed E-state index contributed by atoms with van der Waals surface area (Å²) in [5.41, 5.74) is 4.38. The Balaban J connectivity index is 1.83. The number of likely N-dealkylation sites (N-methyl/N-ethyl adjacent to an activating group) is 1. The van der Waals surface area contributed by atoms with Gasteiger partial charge in [-0.15, -0.1) is 0 Å². The van der Waals surface area contributed by atoms with E-state index < -0.39 is 59.1 Å². The summed E-state index contributed by atoms with van der Waals surface area (Å²) in [4.78, 5) is 81.8. The highest BCUT2D eigenvalue weighted by molar-refractivity contribution is 6.38. The number of Topliss-reactive ketones (excluding diaryl/α,β-unsaturated/α-hetero) is 1. The number of ketones is 1. The lowest BCUT2D eigenvalue weighted by atomic mass is 9.78. The first kappa shape index (κ1) is 34.3. The van der Waals surface area contributed by atoms with Gasteiger partial charge >= 0.3 is 6.03 Å². The van der Waals surface area contributed by atoms with E-state index in [0.717, 1.165) is 6.42 Å². The molecule has 43 heavy (non-hydrogen) atoms. The molecule has 12 heteroatoms. The Labute approximate surface area is 255 Å². The smallest absolute Gasteiger partial charge is 0.316 e. The van der Waals surface area contributed by atoms with Crippen LogP contribution < -0.4 is 21.7 Å². The van der Waals surface area contributed by atoms with Crippen molar-refractivity contribution in [2.75, 3.05) is 13.6 Å². The quantitative estimate of drug-likeness (QED) is 0.260. The summed E-state index contributed by atoms with van der Waals surface area (Å²) in [7, 11) is 1.68. The molecule has 0 aromatic heterocycles. The van der Waals surface area contributed by atoms with Gasteiger partial charge in [0.15, 0.2) is 0 Å². The van der Waals surface area contributed by atoms with Crippen LogP contribution in [0, 0.1) is 34.5 Å². The fourth-order valence-corrected chi connectivity index (χ4v) is 6.49. The molecule has 2 aliphatic carbocycles. The molecule has 3 fully saturated rings. The first-order valence-electron chi connectivity index (χ1n) is 15.5. The van der Waals surface area contributed by atoms with Crippen molar-refractivity contribution >= 4 is 35.4 Å². The molecular formula is C31H52N6O6. The topological polar surface area (TPSA) is 171 Å². The van der Waals surface area contributed by atoms with Crippen molar-refractivity contribution in [2.45, 2.75) is 112 Å². The van der Waals surface area contributed by atoms with Crippen molar-refractivity contribution in [2.24, 2.45) is 40.2 Å². The van der Waals surface area contributed by atoms with E-state index in [4.69, 9.17) is 5.73 Å². The first-order chi connectivity index (χ1) is 19.7. The minimum atomic E-state index is -1.10. The molecular weight excluding hydrogens is 552 g/mol. The fourth-order valence-electron chi connectivity index (χ4n) is 6.49. The average molecular weight is 605 g/mol. The van der Waals surface area contributed by atoms with Crippen LogP contribution in [0.2, 0.25) is 0 Å². The van der Waals surface area contributed by atoms with Crippen LogP contribution in [0.3, 0.4) is 0 Å². The molecule has 1 unspecified atom stereocenters. The van der Waals surface area contributed by atoms with Gasteiger partial charge in [0.1, 0.15) is 24.2 Å². The first-order valence-corrected chi connectivity index (χ1v) is 15.5. The van der Waals surface area contributed by atoms with E-state index in [0.29, 0.717) is 19.4 Å². The van der Waals surface area contributed by atoms with Gasteiger partial charge in [0.2, 0.25) is 23.5 Å². The summed E-state index contributed by atoms with van der Waals surface area (Å²) in [5.74, 6) is -3.49. The van der Waals surface area contributed by atoms with Crippen LogP contribution in [0.5, 0.6) is 0 Å². The zero-order chi connectivity index (χ0) is 32.8. The van der Waals surface area contributed by atoms with Crippen molar-refractivity contribution in [3.63, 3.8) is 0 Å². The number of carbonyl (C=O) groups is 6. The Morgan fingerprint density at radius 1 is 0.953 bits per heavy atom. The third-order valence-electron chi connectivity index (χ3n) is 9.93.